The van der Waals surface area contributed by atoms with Crippen molar-refractivity contribution in [2.75, 3.05) is 0 Å². The second-order valence-corrected chi connectivity index (χ2v) is 7.61. The summed E-state index contributed by atoms with van der Waals surface area (Å²) < 4.78 is 2.00. The van der Waals surface area contributed by atoms with Gasteiger partial charge in [-0.25, -0.2) is 0 Å². The van der Waals surface area contributed by atoms with E-state index in [2.05, 4.69) is 10.2 Å². The zero-order valence-electron chi connectivity index (χ0n) is 13.1. The van der Waals surface area contributed by atoms with Crippen LogP contribution in [0.15, 0.2) is 45.8 Å². The number of hydrogen-bond donors (Lipinski definition) is 0. The van der Waals surface area contributed by atoms with Gasteiger partial charge in [-0.05, 0) is 42.1 Å². The van der Waals surface area contributed by atoms with Crippen molar-refractivity contribution in [1.82, 2.24) is 14.8 Å². The van der Waals surface area contributed by atoms with E-state index < -0.39 is 9.85 Å². The van der Waals surface area contributed by atoms with Crippen molar-refractivity contribution < 1.29 is 9.85 Å². The van der Waals surface area contributed by atoms with Gasteiger partial charge in [0, 0.05) is 12.1 Å². The normalized spacial score (nSPS) is 13.7. The summed E-state index contributed by atoms with van der Waals surface area (Å²) in [5, 5.41) is 33.2. The smallest absolute Gasteiger partial charge is 0.290 e. The molecule has 0 N–H and O–H groups in total. The summed E-state index contributed by atoms with van der Waals surface area (Å²) in [5.74, 6) is 0.745. The number of nitro groups is 2. The molecule has 0 atom stereocenters. The minimum atomic E-state index is -0.650. The second-order valence-electron chi connectivity index (χ2n) is 5.65. The van der Waals surface area contributed by atoms with Crippen molar-refractivity contribution in [3.63, 3.8) is 0 Å². The van der Waals surface area contributed by atoms with Crippen LogP contribution in [-0.4, -0.2) is 24.6 Å². The molecular weight excluding hydrogens is 378 g/mol. The van der Waals surface area contributed by atoms with E-state index >= 15 is 0 Å². The lowest BCUT2D eigenvalue weighted by Gasteiger charge is -2.08. The van der Waals surface area contributed by atoms with Crippen molar-refractivity contribution in [3.8, 4) is 10.7 Å². The number of nitrogens with zero attached hydrogens (tertiary/aromatic N) is 5. The lowest BCUT2D eigenvalue weighted by molar-refractivity contribution is -0.396. The van der Waals surface area contributed by atoms with E-state index in [0.717, 1.165) is 41.4 Å². The van der Waals surface area contributed by atoms with Gasteiger partial charge in [0.1, 0.15) is 0 Å². The zero-order chi connectivity index (χ0) is 18.3. The van der Waals surface area contributed by atoms with E-state index in [0.29, 0.717) is 10.1 Å². The second kappa shape index (κ2) is 6.50. The summed E-state index contributed by atoms with van der Waals surface area (Å²) in [6.45, 7) is 0. The molecule has 4 rings (SSSR count). The summed E-state index contributed by atoms with van der Waals surface area (Å²) in [6, 6.07) is 7.78. The molecule has 132 valence electrons. The minimum absolute atomic E-state index is 0.279. The number of hydrogen-bond acceptors (Lipinski definition) is 8. The Morgan fingerprint density at radius 1 is 1.15 bits per heavy atom. The number of thiophene rings is 1. The first-order valence-electron chi connectivity index (χ1n) is 7.64. The van der Waals surface area contributed by atoms with Gasteiger partial charge < -0.3 is 0 Å². The quantitative estimate of drug-likeness (QED) is 0.455. The van der Waals surface area contributed by atoms with Gasteiger partial charge in [0.25, 0.3) is 11.4 Å². The predicted molar refractivity (Wildman–Crippen MR) is 95.5 cm³/mol. The summed E-state index contributed by atoms with van der Waals surface area (Å²) in [6.07, 6.45) is 2.01. The van der Waals surface area contributed by atoms with Gasteiger partial charge in [0.05, 0.1) is 25.7 Å². The number of rotatable bonds is 6. The van der Waals surface area contributed by atoms with Crippen LogP contribution in [0.25, 0.3) is 10.7 Å². The van der Waals surface area contributed by atoms with Crippen molar-refractivity contribution in [2.45, 2.75) is 28.9 Å². The first-order chi connectivity index (χ1) is 12.5. The molecule has 2 heterocycles. The summed E-state index contributed by atoms with van der Waals surface area (Å²) in [7, 11) is 0. The highest BCUT2D eigenvalue weighted by Crippen LogP contribution is 2.44. The third-order valence-corrected chi connectivity index (χ3v) is 5.76. The van der Waals surface area contributed by atoms with Crippen LogP contribution in [0, 0.1) is 20.2 Å². The Balaban J connectivity index is 1.74. The van der Waals surface area contributed by atoms with Crippen LogP contribution >= 0.6 is 23.1 Å². The molecule has 0 amide bonds. The molecule has 1 aliphatic rings. The third-order valence-electron chi connectivity index (χ3n) is 3.87. The molecule has 0 saturated heterocycles. The van der Waals surface area contributed by atoms with Crippen LogP contribution in [0.5, 0.6) is 0 Å². The lowest BCUT2D eigenvalue weighted by Crippen LogP contribution is -1.99. The SMILES string of the molecule is O=[N+]([O-])c1ccc(Sc2nnc(-c3cccs3)n2C2CC2)c([N+](=O)[O-])c1. The zero-order valence-corrected chi connectivity index (χ0v) is 14.8. The fraction of sp³-hybridized carbons (Fsp3) is 0.200. The van der Waals surface area contributed by atoms with Gasteiger partial charge in [-0.2, -0.15) is 0 Å². The number of non-ortho nitro benzene ring substituents is 1. The third kappa shape index (κ3) is 3.06. The Morgan fingerprint density at radius 3 is 2.58 bits per heavy atom. The molecule has 0 spiro atoms. The van der Waals surface area contributed by atoms with E-state index in [1.165, 1.54) is 12.1 Å². The van der Waals surface area contributed by atoms with Crippen LogP contribution in [0.1, 0.15) is 18.9 Å². The fourth-order valence-electron chi connectivity index (χ4n) is 2.53. The maximum absolute atomic E-state index is 11.3. The van der Waals surface area contributed by atoms with Crippen LogP contribution < -0.4 is 0 Å². The van der Waals surface area contributed by atoms with Crippen molar-refractivity contribution in [2.24, 2.45) is 0 Å². The molecule has 0 radical (unpaired) electrons. The van der Waals surface area contributed by atoms with Crippen molar-refractivity contribution in [1.29, 1.82) is 0 Å². The van der Waals surface area contributed by atoms with Crippen LogP contribution in [0.4, 0.5) is 11.4 Å². The van der Waals surface area contributed by atoms with Gasteiger partial charge in [0.15, 0.2) is 11.0 Å². The first-order valence-corrected chi connectivity index (χ1v) is 9.33. The average Bonchev–Trinajstić information content (AvgIpc) is 3.14. The van der Waals surface area contributed by atoms with Gasteiger partial charge in [0.2, 0.25) is 0 Å². The average molecular weight is 389 g/mol. The molecule has 11 heteroatoms. The molecule has 2 aromatic heterocycles. The summed E-state index contributed by atoms with van der Waals surface area (Å²) >= 11 is 2.66. The van der Waals surface area contributed by atoms with E-state index in [1.54, 1.807) is 11.3 Å². The molecule has 1 aromatic carbocycles. The first kappa shape index (κ1) is 16.7. The van der Waals surface area contributed by atoms with E-state index in [1.807, 2.05) is 22.1 Å². The number of nitro benzene ring substituents is 2. The van der Waals surface area contributed by atoms with Crippen molar-refractivity contribution in [3.05, 3.63) is 55.9 Å². The van der Waals surface area contributed by atoms with Crippen LogP contribution in [-0.2, 0) is 0 Å². The van der Waals surface area contributed by atoms with E-state index in [-0.39, 0.29) is 17.4 Å². The predicted octanol–water partition coefficient (Wildman–Crippen LogP) is 4.31. The highest BCUT2D eigenvalue weighted by Gasteiger charge is 2.31. The van der Waals surface area contributed by atoms with Gasteiger partial charge >= 0.3 is 0 Å². The Morgan fingerprint density at radius 2 is 1.96 bits per heavy atom. The fourth-order valence-corrected chi connectivity index (χ4v) is 4.22. The van der Waals surface area contributed by atoms with E-state index in [4.69, 9.17) is 0 Å². The molecule has 1 aliphatic carbocycles. The molecule has 0 bridgehead atoms. The van der Waals surface area contributed by atoms with Gasteiger partial charge in [-0.3, -0.25) is 24.8 Å². The largest absolute Gasteiger partial charge is 0.298 e. The standard InChI is InChI=1S/C15H11N5O4S2/c21-19(22)10-5-6-12(11(8-10)20(23)24)26-15-17-16-14(13-2-1-7-25-13)18(15)9-3-4-9/h1-2,5-9H,3-4H2. The molecule has 1 fully saturated rings. The Kier molecular flexibility index (Phi) is 4.17. The van der Waals surface area contributed by atoms with Crippen LogP contribution in [0.2, 0.25) is 0 Å². The maximum atomic E-state index is 11.3. The molecule has 3 aromatic rings. The molecule has 0 unspecified atom stereocenters. The molecule has 26 heavy (non-hydrogen) atoms. The maximum Gasteiger partial charge on any atom is 0.290 e. The molecular formula is C15H11N5O4S2. The van der Waals surface area contributed by atoms with Gasteiger partial charge in [-0.15, -0.1) is 21.5 Å². The Labute approximate surface area is 155 Å². The van der Waals surface area contributed by atoms with E-state index in [9.17, 15) is 20.2 Å². The topological polar surface area (TPSA) is 117 Å². The lowest BCUT2D eigenvalue weighted by atomic mass is 10.3. The molecule has 9 nitrogen and oxygen atoms in total. The molecule has 1 saturated carbocycles. The Hall–Kier alpha value is -2.79. The summed E-state index contributed by atoms with van der Waals surface area (Å²) in [5.41, 5.74) is -0.629. The highest BCUT2D eigenvalue weighted by atomic mass is 32.2. The summed E-state index contributed by atoms with van der Waals surface area (Å²) in [4.78, 5) is 22.2. The van der Waals surface area contributed by atoms with Crippen molar-refractivity contribution >= 4 is 34.5 Å². The number of aromatic nitrogens is 3. The minimum Gasteiger partial charge on any atom is -0.298 e. The highest BCUT2D eigenvalue weighted by molar-refractivity contribution is 7.99. The molecule has 0 aliphatic heterocycles. The van der Waals surface area contributed by atoms with Crippen LogP contribution in [0.3, 0.4) is 0 Å². The Bertz CT molecular complexity index is 998. The monoisotopic (exact) mass is 389 g/mol. The van der Waals surface area contributed by atoms with Gasteiger partial charge in [-0.1, -0.05) is 6.07 Å². The number of benzene rings is 1.